The molecule has 2 aliphatic rings. The van der Waals surface area contributed by atoms with E-state index in [4.69, 9.17) is 11.5 Å². The van der Waals surface area contributed by atoms with Gasteiger partial charge in [0, 0.05) is 5.92 Å². The summed E-state index contributed by atoms with van der Waals surface area (Å²) >= 11 is 0. The summed E-state index contributed by atoms with van der Waals surface area (Å²) in [5, 5.41) is 8.70. The molecule has 2 atom stereocenters. The molecule has 2 aliphatic carbocycles. The molecule has 1 N–H and O–H groups in total. The third-order valence-electron chi connectivity index (χ3n) is 3.61. The van der Waals surface area contributed by atoms with Crippen LogP contribution in [0.5, 0.6) is 0 Å². The number of hydrogen-bond acceptors (Lipinski definition) is 2. The second kappa shape index (κ2) is 4.17. The van der Waals surface area contributed by atoms with E-state index in [0.717, 1.165) is 12.8 Å². The topological polar surface area (TPSA) is 57.6 Å². The second-order valence-corrected chi connectivity index (χ2v) is 4.58. The number of carboxylic acids is 1. The van der Waals surface area contributed by atoms with Gasteiger partial charge in [-0.3, -0.25) is 9.59 Å². The second-order valence-electron chi connectivity index (χ2n) is 4.58. The molecule has 2 saturated carbocycles. The zero-order chi connectivity index (χ0) is 11.7. The van der Waals surface area contributed by atoms with Gasteiger partial charge in [0.15, 0.2) is 0 Å². The molecule has 86 valence electrons. The molecule has 16 heavy (non-hydrogen) atoms. The van der Waals surface area contributed by atoms with Crippen LogP contribution < -0.4 is 0 Å². The molecule has 0 heterocycles. The molecule has 0 saturated heterocycles. The number of aliphatic carboxylic acids is 1. The number of amides is 1. The average molecular weight is 221 g/mol. The van der Waals surface area contributed by atoms with Crippen molar-refractivity contribution in [1.29, 1.82) is 0 Å². The van der Waals surface area contributed by atoms with Gasteiger partial charge in [-0.05, 0) is 24.7 Å². The van der Waals surface area contributed by atoms with E-state index in [-0.39, 0.29) is 24.9 Å². The van der Waals surface area contributed by atoms with Crippen molar-refractivity contribution in [2.24, 2.45) is 17.8 Å². The number of hydrogen-bond donors (Lipinski definition) is 1. The van der Waals surface area contributed by atoms with Crippen LogP contribution in [0.2, 0.25) is 0 Å². The fraction of sp³-hybridized carbons (Fsp3) is 0.667. The SMILES string of the molecule is C#CCN(CC(=O)O)C(=O)C1C2CCCC21. The summed E-state index contributed by atoms with van der Waals surface area (Å²) in [6.07, 6.45) is 8.56. The quantitative estimate of drug-likeness (QED) is 0.706. The van der Waals surface area contributed by atoms with Crippen LogP contribution in [0.3, 0.4) is 0 Å². The Kier molecular flexibility index (Phi) is 2.86. The molecule has 0 aromatic heterocycles. The molecule has 1 amide bonds. The Morgan fingerprint density at radius 2 is 2.00 bits per heavy atom. The highest BCUT2D eigenvalue weighted by molar-refractivity contribution is 5.86. The van der Waals surface area contributed by atoms with E-state index in [2.05, 4.69) is 5.92 Å². The fourth-order valence-corrected chi connectivity index (χ4v) is 2.88. The Labute approximate surface area is 94.6 Å². The van der Waals surface area contributed by atoms with Crippen molar-refractivity contribution in [3.63, 3.8) is 0 Å². The highest BCUT2D eigenvalue weighted by Crippen LogP contribution is 2.58. The van der Waals surface area contributed by atoms with E-state index in [1.165, 1.54) is 11.3 Å². The van der Waals surface area contributed by atoms with Gasteiger partial charge in [-0.25, -0.2) is 0 Å². The van der Waals surface area contributed by atoms with Gasteiger partial charge in [0.25, 0.3) is 0 Å². The van der Waals surface area contributed by atoms with Crippen LogP contribution >= 0.6 is 0 Å². The van der Waals surface area contributed by atoms with Crippen LogP contribution in [-0.4, -0.2) is 35.0 Å². The minimum atomic E-state index is -1.01. The number of carbonyl (C=O) groups is 2. The number of nitrogens with zero attached hydrogens (tertiary/aromatic N) is 1. The normalized spacial score (nSPS) is 30.3. The Balaban J connectivity index is 1.95. The van der Waals surface area contributed by atoms with Crippen LogP contribution in [0.1, 0.15) is 19.3 Å². The number of carbonyl (C=O) groups excluding carboxylic acids is 1. The van der Waals surface area contributed by atoms with E-state index in [1.807, 2.05) is 0 Å². The lowest BCUT2D eigenvalue weighted by molar-refractivity contribution is -0.144. The molecule has 0 bridgehead atoms. The smallest absolute Gasteiger partial charge is 0.323 e. The lowest BCUT2D eigenvalue weighted by Crippen LogP contribution is -2.37. The van der Waals surface area contributed by atoms with Crippen molar-refractivity contribution in [3.8, 4) is 12.3 Å². The highest BCUT2D eigenvalue weighted by atomic mass is 16.4. The number of rotatable bonds is 4. The van der Waals surface area contributed by atoms with Crippen molar-refractivity contribution in [3.05, 3.63) is 0 Å². The Morgan fingerprint density at radius 3 is 2.50 bits per heavy atom. The molecule has 0 aliphatic heterocycles. The highest BCUT2D eigenvalue weighted by Gasteiger charge is 2.57. The van der Waals surface area contributed by atoms with Crippen molar-refractivity contribution < 1.29 is 14.7 Å². The predicted octanol–water partition coefficient (Wildman–Crippen LogP) is 0.579. The fourth-order valence-electron chi connectivity index (χ4n) is 2.88. The summed E-state index contributed by atoms with van der Waals surface area (Å²) in [7, 11) is 0. The maximum atomic E-state index is 12.0. The minimum Gasteiger partial charge on any atom is -0.480 e. The summed E-state index contributed by atoms with van der Waals surface area (Å²) in [4.78, 5) is 23.9. The van der Waals surface area contributed by atoms with Gasteiger partial charge in [0.1, 0.15) is 6.54 Å². The zero-order valence-electron chi connectivity index (χ0n) is 9.06. The standard InChI is InChI=1S/C12H15NO3/c1-2-6-13(7-10(14)15)12(16)11-8-4-3-5-9(8)11/h1,8-9,11H,3-7H2,(H,14,15). The van der Waals surface area contributed by atoms with Crippen molar-refractivity contribution in [2.75, 3.05) is 13.1 Å². The molecule has 2 unspecified atom stereocenters. The van der Waals surface area contributed by atoms with Gasteiger partial charge in [0.2, 0.25) is 5.91 Å². The molecule has 0 radical (unpaired) electrons. The van der Waals surface area contributed by atoms with Gasteiger partial charge in [-0.1, -0.05) is 12.3 Å². The van der Waals surface area contributed by atoms with Crippen LogP contribution in [0.4, 0.5) is 0 Å². The number of fused-ring (bicyclic) bond motifs is 1. The lowest BCUT2D eigenvalue weighted by Gasteiger charge is -2.18. The summed E-state index contributed by atoms with van der Waals surface area (Å²) in [5.74, 6) is 2.34. The lowest BCUT2D eigenvalue weighted by atomic mass is 10.1. The molecular formula is C12H15NO3. The molecule has 2 fully saturated rings. The molecule has 4 nitrogen and oxygen atoms in total. The number of carboxylic acid groups (broad SMARTS) is 1. The van der Waals surface area contributed by atoms with Crippen molar-refractivity contribution in [1.82, 2.24) is 4.90 Å². The first-order valence-corrected chi connectivity index (χ1v) is 5.59. The van der Waals surface area contributed by atoms with Gasteiger partial charge >= 0.3 is 5.97 Å². The maximum absolute atomic E-state index is 12.0. The molecule has 0 aromatic rings. The van der Waals surface area contributed by atoms with Crippen LogP contribution in [0.15, 0.2) is 0 Å². The molecule has 2 rings (SSSR count). The van der Waals surface area contributed by atoms with E-state index in [0.29, 0.717) is 11.8 Å². The molecular weight excluding hydrogens is 206 g/mol. The summed E-state index contributed by atoms with van der Waals surface area (Å²) < 4.78 is 0. The summed E-state index contributed by atoms with van der Waals surface area (Å²) in [6, 6.07) is 0. The molecule has 0 spiro atoms. The number of terminal acetylenes is 1. The Bertz CT molecular complexity index is 348. The van der Waals surface area contributed by atoms with Crippen molar-refractivity contribution in [2.45, 2.75) is 19.3 Å². The molecule has 4 heteroatoms. The van der Waals surface area contributed by atoms with Gasteiger partial charge in [0.05, 0.1) is 6.54 Å². The van der Waals surface area contributed by atoms with Crippen LogP contribution in [0.25, 0.3) is 0 Å². The van der Waals surface area contributed by atoms with E-state index in [9.17, 15) is 9.59 Å². The Morgan fingerprint density at radius 1 is 1.38 bits per heavy atom. The van der Waals surface area contributed by atoms with Gasteiger partial charge in [-0.15, -0.1) is 6.42 Å². The summed E-state index contributed by atoms with van der Waals surface area (Å²) in [6.45, 7) is -0.181. The first kappa shape index (κ1) is 11.0. The van der Waals surface area contributed by atoms with Crippen LogP contribution in [-0.2, 0) is 9.59 Å². The third-order valence-corrected chi connectivity index (χ3v) is 3.61. The zero-order valence-corrected chi connectivity index (χ0v) is 9.06. The van der Waals surface area contributed by atoms with Crippen LogP contribution in [0, 0.1) is 30.1 Å². The Hall–Kier alpha value is -1.50. The van der Waals surface area contributed by atoms with Gasteiger partial charge < -0.3 is 10.0 Å². The molecule has 0 aromatic carbocycles. The first-order valence-electron chi connectivity index (χ1n) is 5.59. The van der Waals surface area contributed by atoms with E-state index < -0.39 is 5.97 Å². The minimum absolute atomic E-state index is 0.0569. The first-order chi connectivity index (χ1) is 7.65. The summed E-state index contributed by atoms with van der Waals surface area (Å²) in [5.41, 5.74) is 0. The van der Waals surface area contributed by atoms with E-state index >= 15 is 0 Å². The monoisotopic (exact) mass is 221 g/mol. The van der Waals surface area contributed by atoms with Crippen molar-refractivity contribution >= 4 is 11.9 Å². The maximum Gasteiger partial charge on any atom is 0.323 e. The third kappa shape index (κ3) is 1.90. The predicted molar refractivity (Wildman–Crippen MR) is 57.4 cm³/mol. The average Bonchev–Trinajstić information content (AvgIpc) is 2.69. The largest absolute Gasteiger partial charge is 0.480 e. The van der Waals surface area contributed by atoms with E-state index in [1.54, 1.807) is 0 Å². The van der Waals surface area contributed by atoms with Gasteiger partial charge in [-0.2, -0.15) is 0 Å².